The zero-order chi connectivity index (χ0) is 35.3. The van der Waals surface area contributed by atoms with Gasteiger partial charge in [-0.3, -0.25) is 0 Å². The Labute approximate surface area is 308 Å². The molecule has 0 saturated carbocycles. The minimum absolute atomic E-state index is 0.636. The maximum Gasteiger partial charge on any atom is 0.0992 e. The lowest BCUT2D eigenvalue weighted by Gasteiger charge is -2.19. The number of nitriles is 1. The zero-order valence-corrected chi connectivity index (χ0v) is 28.9. The molecule has 0 fully saturated rings. The van der Waals surface area contributed by atoms with E-state index in [1.807, 2.05) is 18.3 Å². The lowest BCUT2D eigenvalue weighted by atomic mass is 9.84. The summed E-state index contributed by atoms with van der Waals surface area (Å²) in [5.74, 6) is 0. The van der Waals surface area contributed by atoms with Crippen molar-refractivity contribution in [1.82, 2.24) is 9.88 Å². The van der Waals surface area contributed by atoms with E-state index in [0.29, 0.717) is 5.56 Å². The smallest absolute Gasteiger partial charge is 0.0992 e. The Morgan fingerprint density at radius 2 is 1.04 bits per heavy atom. The second kappa shape index (κ2) is 12.6. The average Bonchev–Trinajstić information content (AvgIpc) is 3.57. The Balaban J connectivity index is 1.13. The van der Waals surface area contributed by atoms with Crippen molar-refractivity contribution in [3.63, 3.8) is 0 Å². The summed E-state index contributed by atoms with van der Waals surface area (Å²) in [7, 11) is 0. The van der Waals surface area contributed by atoms with Crippen molar-refractivity contribution >= 4 is 38.5 Å². The van der Waals surface area contributed by atoms with Gasteiger partial charge in [0.15, 0.2) is 0 Å². The van der Waals surface area contributed by atoms with Gasteiger partial charge in [-0.2, -0.15) is 5.26 Å². The van der Waals surface area contributed by atoms with Crippen LogP contribution in [0.2, 0.25) is 0 Å². The Hall–Kier alpha value is -7.15. The lowest BCUT2D eigenvalue weighted by molar-refractivity contribution is 0.803. The average molecular weight is 676 g/mol. The fraction of sp³-hybridized carbons (Fsp3) is 0.0200. The van der Waals surface area contributed by atoms with Crippen LogP contribution in [0.1, 0.15) is 16.8 Å². The number of nitrogens with one attached hydrogen (secondary N) is 1. The van der Waals surface area contributed by atoms with Crippen molar-refractivity contribution in [3.05, 3.63) is 193 Å². The second-order valence-corrected chi connectivity index (χ2v) is 13.7. The third-order valence-corrected chi connectivity index (χ3v) is 10.7. The summed E-state index contributed by atoms with van der Waals surface area (Å²) in [4.78, 5) is 0. The monoisotopic (exact) mass is 675 g/mol. The van der Waals surface area contributed by atoms with Crippen molar-refractivity contribution < 1.29 is 0 Å². The molecule has 0 spiro atoms. The molecule has 0 aliphatic carbocycles. The van der Waals surface area contributed by atoms with Crippen molar-refractivity contribution in [2.75, 3.05) is 0 Å². The number of nitrogens with zero attached hydrogens (tertiary/aromatic N) is 2. The maximum absolute atomic E-state index is 10.2. The van der Waals surface area contributed by atoms with Crippen molar-refractivity contribution in [3.8, 4) is 56.3 Å². The van der Waals surface area contributed by atoms with Gasteiger partial charge in [-0.15, -0.1) is 0 Å². The molecule has 1 aliphatic rings. The van der Waals surface area contributed by atoms with E-state index in [0.717, 1.165) is 34.5 Å². The Kier molecular flexibility index (Phi) is 7.27. The zero-order valence-electron chi connectivity index (χ0n) is 28.9. The molecule has 0 atom stereocenters. The van der Waals surface area contributed by atoms with Gasteiger partial charge >= 0.3 is 0 Å². The first-order valence-corrected chi connectivity index (χ1v) is 18.0. The minimum atomic E-state index is 0.636. The standard InChI is InChI=1S/C50H33N3/c51-31-33-27-38(34-19-22-40(23-20-34)53-47-18-10-9-15-41(47)42-25-26-52-32-48(42)53)29-39(28-33)37-21-24-45-46(30-37)50(36-13-5-2-6-14-36)44-17-8-7-16-43(44)49(45)35-11-3-1-4-12-35/h1-30,52H,32H2. The van der Waals surface area contributed by atoms with E-state index in [1.54, 1.807) is 0 Å². The van der Waals surface area contributed by atoms with Gasteiger partial charge < -0.3 is 9.88 Å². The summed E-state index contributed by atoms with van der Waals surface area (Å²) in [6.45, 7) is 0.774. The van der Waals surface area contributed by atoms with Gasteiger partial charge in [-0.1, -0.05) is 127 Å². The first-order chi connectivity index (χ1) is 26.2. The summed E-state index contributed by atoms with van der Waals surface area (Å²) >= 11 is 0. The predicted molar refractivity (Wildman–Crippen MR) is 221 cm³/mol. The molecular weight excluding hydrogens is 643 g/mol. The molecule has 0 amide bonds. The number of aromatic nitrogens is 1. The first-order valence-electron chi connectivity index (χ1n) is 18.0. The molecule has 1 N–H and O–H groups in total. The largest absolute Gasteiger partial charge is 0.385 e. The van der Waals surface area contributed by atoms with Crippen LogP contribution < -0.4 is 5.32 Å². The van der Waals surface area contributed by atoms with Crippen LogP contribution in [0, 0.1) is 11.3 Å². The van der Waals surface area contributed by atoms with Crippen LogP contribution in [0.3, 0.4) is 0 Å². The fourth-order valence-corrected chi connectivity index (χ4v) is 8.29. The van der Waals surface area contributed by atoms with Gasteiger partial charge in [-0.05, 0) is 121 Å². The normalized spacial score (nSPS) is 12.1. The van der Waals surface area contributed by atoms with E-state index in [1.165, 1.54) is 66.0 Å². The summed E-state index contributed by atoms with van der Waals surface area (Å²) in [6.07, 6.45) is 4.20. The van der Waals surface area contributed by atoms with Crippen molar-refractivity contribution in [2.24, 2.45) is 0 Å². The van der Waals surface area contributed by atoms with Gasteiger partial charge in [0.1, 0.15) is 0 Å². The van der Waals surface area contributed by atoms with E-state index < -0.39 is 0 Å². The number of hydrogen-bond acceptors (Lipinski definition) is 2. The second-order valence-electron chi connectivity index (χ2n) is 13.7. The van der Waals surface area contributed by atoms with Crippen LogP contribution in [0.5, 0.6) is 0 Å². The molecule has 9 aromatic rings. The Bertz CT molecular complexity index is 2930. The number of fused-ring (bicyclic) bond motifs is 5. The number of benzene rings is 8. The molecule has 1 aromatic heterocycles. The van der Waals surface area contributed by atoms with Gasteiger partial charge in [0.05, 0.1) is 29.4 Å². The summed E-state index contributed by atoms with van der Waals surface area (Å²) in [6, 6.07) is 63.0. The quantitative estimate of drug-likeness (QED) is 0.184. The van der Waals surface area contributed by atoms with Crippen LogP contribution in [0.15, 0.2) is 176 Å². The van der Waals surface area contributed by atoms with E-state index in [4.69, 9.17) is 0 Å². The van der Waals surface area contributed by atoms with Crippen molar-refractivity contribution in [1.29, 1.82) is 5.26 Å². The Morgan fingerprint density at radius 3 is 1.72 bits per heavy atom. The fourth-order valence-electron chi connectivity index (χ4n) is 8.29. The van der Waals surface area contributed by atoms with Crippen LogP contribution in [0.25, 0.3) is 88.7 Å². The third kappa shape index (κ3) is 5.12. The van der Waals surface area contributed by atoms with Crippen LogP contribution in [-0.4, -0.2) is 4.57 Å². The van der Waals surface area contributed by atoms with Gasteiger partial charge in [-0.25, -0.2) is 0 Å². The number of rotatable bonds is 5. The molecule has 3 heteroatoms. The van der Waals surface area contributed by atoms with Gasteiger partial charge in [0, 0.05) is 16.6 Å². The molecule has 0 saturated heterocycles. The lowest BCUT2D eigenvalue weighted by Crippen LogP contribution is -2.13. The predicted octanol–water partition coefficient (Wildman–Crippen LogP) is 12.6. The topological polar surface area (TPSA) is 40.8 Å². The minimum Gasteiger partial charge on any atom is -0.385 e. The highest BCUT2D eigenvalue weighted by atomic mass is 15.0. The van der Waals surface area contributed by atoms with Crippen LogP contribution >= 0.6 is 0 Å². The highest BCUT2D eigenvalue weighted by molar-refractivity contribution is 6.22. The third-order valence-electron chi connectivity index (χ3n) is 10.7. The molecule has 0 radical (unpaired) electrons. The summed E-state index contributed by atoms with van der Waals surface area (Å²) in [5, 5.41) is 19.7. The van der Waals surface area contributed by atoms with Crippen LogP contribution in [-0.2, 0) is 6.54 Å². The Morgan fingerprint density at radius 1 is 0.472 bits per heavy atom. The molecule has 53 heavy (non-hydrogen) atoms. The molecule has 2 heterocycles. The highest BCUT2D eigenvalue weighted by Gasteiger charge is 2.20. The molecule has 248 valence electrons. The molecule has 0 unspecified atom stereocenters. The highest BCUT2D eigenvalue weighted by Crippen LogP contribution is 2.45. The molecule has 10 rings (SSSR count). The maximum atomic E-state index is 10.2. The van der Waals surface area contributed by atoms with Gasteiger partial charge in [0.2, 0.25) is 0 Å². The number of para-hydroxylation sites is 1. The first kappa shape index (κ1) is 30.7. The van der Waals surface area contributed by atoms with E-state index in [2.05, 4.69) is 180 Å². The summed E-state index contributed by atoms with van der Waals surface area (Å²) < 4.78 is 2.36. The SMILES string of the molecule is N#Cc1cc(-c2ccc(-n3c4c(c5ccccc53)C=CNC4)cc2)cc(-c2ccc3c(-c4ccccc4)c4ccccc4c(-c4ccccc4)c3c2)c1. The molecule has 8 aromatic carbocycles. The molecule has 0 bridgehead atoms. The molecular formula is C50H33N3. The van der Waals surface area contributed by atoms with E-state index in [9.17, 15) is 5.26 Å². The van der Waals surface area contributed by atoms with Gasteiger partial charge in [0.25, 0.3) is 0 Å². The summed E-state index contributed by atoms with van der Waals surface area (Å²) in [5.41, 5.74) is 14.5. The number of hydrogen-bond donors (Lipinski definition) is 1. The molecule has 1 aliphatic heterocycles. The molecule has 3 nitrogen and oxygen atoms in total. The van der Waals surface area contributed by atoms with Crippen LogP contribution in [0.4, 0.5) is 0 Å². The van der Waals surface area contributed by atoms with Crippen molar-refractivity contribution in [2.45, 2.75) is 6.54 Å². The van der Waals surface area contributed by atoms with E-state index >= 15 is 0 Å². The van der Waals surface area contributed by atoms with E-state index in [-0.39, 0.29) is 0 Å².